The molecule has 0 aromatic heterocycles. The van der Waals surface area contributed by atoms with Crippen LogP contribution in [0.15, 0.2) is 48.5 Å². The molecule has 2 atom stereocenters. The zero-order chi connectivity index (χ0) is 16.8. The van der Waals surface area contributed by atoms with Gasteiger partial charge in [0.2, 0.25) is 5.91 Å². The Morgan fingerprint density at radius 2 is 1.91 bits per heavy atom. The third-order valence-corrected chi connectivity index (χ3v) is 3.69. The summed E-state index contributed by atoms with van der Waals surface area (Å²) < 4.78 is 18.6. The van der Waals surface area contributed by atoms with Gasteiger partial charge < -0.3 is 15.8 Å². The molecule has 2 unspecified atom stereocenters. The van der Waals surface area contributed by atoms with Crippen LogP contribution in [0.2, 0.25) is 0 Å². The van der Waals surface area contributed by atoms with Gasteiger partial charge in [-0.05, 0) is 30.2 Å². The van der Waals surface area contributed by atoms with Gasteiger partial charge >= 0.3 is 0 Å². The Hall–Kier alpha value is -2.40. The smallest absolute Gasteiger partial charge is 0.222 e. The lowest BCUT2D eigenvalue weighted by atomic mass is 10.0. The molecule has 23 heavy (non-hydrogen) atoms. The summed E-state index contributed by atoms with van der Waals surface area (Å²) in [6, 6.07) is 13.4. The summed E-state index contributed by atoms with van der Waals surface area (Å²) in [7, 11) is 1.41. The van der Waals surface area contributed by atoms with Gasteiger partial charge in [0, 0.05) is 12.5 Å². The number of methoxy groups -OCH3 is 1. The van der Waals surface area contributed by atoms with Gasteiger partial charge in [0.05, 0.1) is 13.2 Å². The maximum Gasteiger partial charge on any atom is 0.222 e. The van der Waals surface area contributed by atoms with Gasteiger partial charge in [0.1, 0.15) is 0 Å². The van der Waals surface area contributed by atoms with Crippen LogP contribution in [0.4, 0.5) is 4.39 Å². The van der Waals surface area contributed by atoms with Gasteiger partial charge in [-0.3, -0.25) is 4.79 Å². The predicted molar refractivity (Wildman–Crippen MR) is 87.5 cm³/mol. The maximum atomic E-state index is 13.7. The van der Waals surface area contributed by atoms with Crippen LogP contribution in [0.5, 0.6) is 5.75 Å². The van der Waals surface area contributed by atoms with E-state index in [4.69, 9.17) is 10.5 Å². The molecule has 1 amide bonds. The molecule has 0 fully saturated rings. The fourth-order valence-electron chi connectivity index (χ4n) is 2.35. The molecule has 0 radical (unpaired) electrons. The Kier molecular flexibility index (Phi) is 5.71. The Morgan fingerprint density at radius 3 is 2.52 bits per heavy atom. The first kappa shape index (κ1) is 17.0. The third kappa shape index (κ3) is 4.53. The summed E-state index contributed by atoms with van der Waals surface area (Å²) in [5.74, 6) is -0.449. The minimum Gasteiger partial charge on any atom is -0.494 e. The van der Waals surface area contributed by atoms with Crippen molar-refractivity contribution in [2.75, 3.05) is 7.11 Å². The second-order valence-electron chi connectivity index (χ2n) is 5.40. The van der Waals surface area contributed by atoms with Crippen molar-refractivity contribution in [2.45, 2.75) is 25.4 Å². The van der Waals surface area contributed by atoms with E-state index in [0.717, 1.165) is 5.56 Å². The number of amides is 1. The normalized spacial score (nSPS) is 13.2. The largest absolute Gasteiger partial charge is 0.494 e. The summed E-state index contributed by atoms with van der Waals surface area (Å²) in [6.07, 6.45) is 0.174. The van der Waals surface area contributed by atoms with Crippen molar-refractivity contribution < 1.29 is 13.9 Å². The number of benzene rings is 2. The molecular formula is C18H21FN2O2. The standard InChI is InChI=1S/C18H21FN2O2/c1-12(14-8-9-17(23-2)15(19)10-14)21-18(22)11-16(20)13-6-4-3-5-7-13/h3-10,12,16H,11,20H2,1-2H3,(H,21,22). The molecule has 4 nitrogen and oxygen atoms in total. The summed E-state index contributed by atoms with van der Waals surface area (Å²) in [4.78, 5) is 12.1. The van der Waals surface area contributed by atoms with E-state index in [2.05, 4.69) is 5.32 Å². The average molecular weight is 316 g/mol. The molecule has 0 aliphatic carbocycles. The molecule has 0 saturated carbocycles. The molecule has 2 rings (SSSR count). The quantitative estimate of drug-likeness (QED) is 0.860. The number of hydrogen-bond donors (Lipinski definition) is 2. The van der Waals surface area contributed by atoms with E-state index >= 15 is 0 Å². The van der Waals surface area contributed by atoms with Gasteiger partial charge in [-0.25, -0.2) is 4.39 Å². The topological polar surface area (TPSA) is 64.3 Å². The number of hydrogen-bond acceptors (Lipinski definition) is 3. The van der Waals surface area contributed by atoms with Crippen LogP contribution in [0.3, 0.4) is 0 Å². The summed E-state index contributed by atoms with van der Waals surface area (Å²) in [5.41, 5.74) is 7.61. The van der Waals surface area contributed by atoms with Crippen molar-refractivity contribution in [1.29, 1.82) is 0 Å². The van der Waals surface area contributed by atoms with Crippen LogP contribution in [0.1, 0.15) is 36.6 Å². The SMILES string of the molecule is COc1ccc(C(C)NC(=O)CC(N)c2ccccc2)cc1F. The Morgan fingerprint density at radius 1 is 1.22 bits per heavy atom. The van der Waals surface area contributed by atoms with Crippen LogP contribution in [-0.4, -0.2) is 13.0 Å². The molecule has 0 saturated heterocycles. The van der Waals surface area contributed by atoms with Crippen molar-refractivity contribution in [3.05, 3.63) is 65.5 Å². The highest BCUT2D eigenvalue weighted by atomic mass is 19.1. The number of carbonyl (C=O) groups is 1. The van der Waals surface area contributed by atoms with E-state index in [0.29, 0.717) is 5.56 Å². The summed E-state index contributed by atoms with van der Waals surface area (Å²) in [6.45, 7) is 1.80. The highest BCUT2D eigenvalue weighted by Crippen LogP contribution is 2.22. The van der Waals surface area contributed by atoms with Crippen LogP contribution in [0.25, 0.3) is 0 Å². The van der Waals surface area contributed by atoms with E-state index in [9.17, 15) is 9.18 Å². The predicted octanol–water partition coefficient (Wildman–Crippen LogP) is 3.10. The van der Waals surface area contributed by atoms with Crippen molar-refractivity contribution in [3.63, 3.8) is 0 Å². The lowest BCUT2D eigenvalue weighted by molar-refractivity contribution is -0.122. The zero-order valence-corrected chi connectivity index (χ0v) is 13.3. The van der Waals surface area contributed by atoms with E-state index in [-0.39, 0.29) is 30.2 Å². The minimum absolute atomic E-state index is 0.174. The molecule has 5 heteroatoms. The van der Waals surface area contributed by atoms with Crippen LogP contribution in [0, 0.1) is 5.82 Å². The Labute approximate surface area is 135 Å². The molecule has 0 aliphatic rings. The minimum atomic E-state index is -0.452. The van der Waals surface area contributed by atoms with Crippen molar-refractivity contribution in [1.82, 2.24) is 5.32 Å². The van der Waals surface area contributed by atoms with Crippen LogP contribution < -0.4 is 15.8 Å². The van der Waals surface area contributed by atoms with E-state index < -0.39 is 5.82 Å². The van der Waals surface area contributed by atoms with E-state index in [1.165, 1.54) is 13.2 Å². The molecule has 0 bridgehead atoms. The van der Waals surface area contributed by atoms with E-state index in [1.807, 2.05) is 30.3 Å². The van der Waals surface area contributed by atoms with Gasteiger partial charge in [0.25, 0.3) is 0 Å². The van der Waals surface area contributed by atoms with Gasteiger partial charge in [-0.1, -0.05) is 36.4 Å². The van der Waals surface area contributed by atoms with Crippen molar-refractivity contribution in [3.8, 4) is 5.75 Å². The van der Waals surface area contributed by atoms with Gasteiger partial charge in [-0.15, -0.1) is 0 Å². The van der Waals surface area contributed by atoms with Crippen molar-refractivity contribution >= 4 is 5.91 Å². The molecule has 3 N–H and O–H groups in total. The van der Waals surface area contributed by atoms with Gasteiger partial charge in [0.15, 0.2) is 11.6 Å². The number of nitrogens with one attached hydrogen (secondary N) is 1. The van der Waals surface area contributed by atoms with Crippen LogP contribution in [-0.2, 0) is 4.79 Å². The monoisotopic (exact) mass is 316 g/mol. The third-order valence-electron chi connectivity index (χ3n) is 3.69. The summed E-state index contributed by atoms with van der Waals surface area (Å²) >= 11 is 0. The molecule has 2 aromatic carbocycles. The zero-order valence-electron chi connectivity index (χ0n) is 13.3. The first-order valence-corrected chi connectivity index (χ1v) is 7.44. The first-order valence-electron chi connectivity index (χ1n) is 7.44. The second-order valence-corrected chi connectivity index (χ2v) is 5.40. The van der Waals surface area contributed by atoms with Crippen LogP contribution >= 0.6 is 0 Å². The maximum absolute atomic E-state index is 13.7. The number of ether oxygens (including phenoxy) is 1. The molecule has 0 aliphatic heterocycles. The highest BCUT2D eigenvalue weighted by molar-refractivity contribution is 5.77. The number of rotatable bonds is 6. The lowest BCUT2D eigenvalue weighted by Crippen LogP contribution is -2.29. The Bertz CT molecular complexity index is 661. The average Bonchev–Trinajstić information content (AvgIpc) is 2.55. The highest BCUT2D eigenvalue weighted by Gasteiger charge is 2.15. The molecular weight excluding hydrogens is 295 g/mol. The molecule has 122 valence electrons. The van der Waals surface area contributed by atoms with E-state index in [1.54, 1.807) is 19.1 Å². The molecule has 2 aromatic rings. The lowest BCUT2D eigenvalue weighted by Gasteiger charge is -2.17. The van der Waals surface area contributed by atoms with Gasteiger partial charge in [-0.2, -0.15) is 0 Å². The summed E-state index contributed by atoms with van der Waals surface area (Å²) in [5, 5.41) is 2.84. The number of nitrogens with two attached hydrogens (primary N) is 1. The fourth-order valence-corrected chi connectivity index (χ4v) is 2.35. The molecule has 0 heterocycles. The number of halogens is 1. The fraction of sp³-hybridized carbons (Fsp3) is 0.278. The number of carbonyl (C=O) groups excluding carboxylic acids is 1. The Balaban J connectivity index is 1.95. The molecule has 0 spiro atoms. The second kappa shape index (κ2) is 7.74. The first-order chi connectivity index (χ1) is 11.0. The van der Waals surface area contributed by atoms with Crippen molar-refractivity contribution in [2.24, 2.45) is 5.73 Å².